The van der Waals surface area contributed by atoms with Crippen LogP contribution in [0.5, 0.6) is 0 Å². The molecule has 0 saturated carbocycles. The Hall–Kier alpha value is -2.23. The zero-order valence-corrected chi connectivity index (χ0v) is 7.79. The number of nitrogens with zero attached hydrogens (tertiary/aromatic N) is 3. The molecule has 0 unspecified atom stereocenters. The molecule has 0 aliphatic carbocycles. The van der Waals surface area contributed by atoms with Crippen LogP contribution in [0.15, 0.2) is 47.4 Å². The van der Waals surface area contributed by atoms with Gasteiger partial charge in [0.1, 0.15) is 0 Å². The van der Waals surface area contributed by atoms with Crippen molar-refractivity contribution in [3.63, 3.8) is 0 Å². The molecule has 3 rings (SSSR count). The van der Waals surface area contributed by atoms with E-state index in [2.05, 4.69) is 15.1 Å². The standard InChI is InChI=1S/C11H7N3O/c1-4-12-11(13-5-1)8-2-3-10-9(6-8)7-14-15-10/h1-7H. The quantitative estimate of drug-likeness (QED) is 0.600. The molecule has 0 saturated heterocycles. The highest BCUT2D eigenvalue weighted by Gasteiger charge is 2.03. The molecule has 0 spiro atoms. The van der Waals surface area contributed by atoms with Crippen LogP contribution >= 0.6 is 0 Å². The van der Waals surface area contributed by atoms with Crippen molar-refractivity contribution in [2.45, 2.75) is 0 Å². The molecular weight excluding hydrogens is 190 g/mol. The summed E-state index contributed by atoms with van der Waals surface area (Å²) in [7, 11) is 0. The minimum atomic E-state index is 0.709. The molecule has 0 aliphatic rings. The van der Waals surface area contributed by atoms with Crippen LogP contribution in [-0.2, 0) is 0 Å². The van der Waals surface area contributed by atoms with Crippen molar-refractivity contribution >= 4 is 11.0 Å². The van der Waals surface area contributed by atoms with E-state index in [9.17, 15) is 0 Å². The largest absolute Gasteiger partial charge is 0.356 e. The number of fused-ring (bicyclic) bond motifs is 1. The lowest BCUT2D eigenvalue weighted by Crippen LogP contribution is -1.85. The van der Waals surface area contributed by atoms with Gasteiger partial charge in [0.25, 0.3) is 0 Å². The minimum Gasteiger partial charge on any atom is -0.356 e. The van der Waals surface area contributed by atoms with Crippen LogP contribution in [0.2, 0.25) is 0 Å². The summed E-state index contributed by atoms with van der Waals surface area (Å²) < 4.78 is 5.02. The molecule has 0 amide bonds. The smallest absolute Gasteiger partial charge is 0.166 e. The fourth-order valence-electron chi connectivity index (χ4n) is 1.46. The average molecular weight is 197 g/mol. The van der Waals surface area contributed by atoms with Gasteiger partial charge in [-0.25, -0.2) is 9.97 Å². The van der Waals surface area contributed by atoms with E-state index in [-0.39, 0.29) is 0 Å². The number of aromatic nitrogens is 3. The summed E-state index contributed by atoms with van der Waals surface area (Å²) in [6.07, 6.45) is 5.13. The molecule has 0 bridgehead atoms. The first-order valence-corrected chi connectivity index (χ1v) is 4.55. The van der Waals surface area contributed by atoms with E-state index in [1.807, 2.05) is 18.2 Å². The molecule has 2 aromatic heterocycles. The maximum absolute atomic E-state index is 5.02. The maximum Gasteiger partial charge on any atom is 0.166 e. The van der Waals surface area contributed by atoms with Crippen LogP contribution in [0.4, 0.5) is 0 Å². The normalized spacial score (nSPS) is 10.7. The monoisotopic (exact) mass is 197 g/mol. The molecule has 0 fully saturated rings. The molecule has 1 aromatic carbocycles. The highest BCUT2D eigenvalue weighted by atomic mass is 16.5. The molecule has 0 atom stereocenters. The van der Waals surface area contributed by atoms with E-state index >= 15 is 0 Å². The molecule has 4 nitrogen and oxygen atoms in total. The van der Waals surface area contributed by atoms with Crippen LogP contribution in [0.25, 0.3) is 22.4 Å². The Morgan fingerprint density at radius 1 is 1.07 bits per heavy atom. The zero-order valence-electron chi connectivity index (χ0n) is 7.79. The summed E-state index contributed by atoms with van der Waals surface area (Å²) in [5.74, 6) is 0.709. The van der Waals surface area contributed by atoms with Crippen molar-refractivity contribution < 1.29 is 4.52 Å². The van der Waals surface area contributed by atoms with Crippen molar-refractivity contribution in [3.8, 4) is 11.4 Å². The number of benzene rings is 1. The average Bonchev–Trinajstić information content (AvgIpc) is 2.77. The summed E-state index contributed by atoms with van der Waals surface area (Å²) in [5.41, 5.74) is 1.74. The third kappa shape index (κ3) is 1.36. The second-order valence-corrected chi connectivity index (χ2v) is 3.15. The van der Waals surface area contributed by atoms with Gasteiger partial charge in [-0.15, -0.1) is 0 Å². The molecule has 0 aliphatic heterocycles. The number of hydrogen-bond donors (Lipinski definition) is 0. The van der Waals surface area contributed by atoms with Crippen molar-refractivity contribution in [2.75, 3.05) is 0 Å². The van der Waals surface area contributed by atoms with E-state index in [0.29, 0.717) is 5.82 Å². The minimum absolute atomic E-state index is 0.709. The van der Waals surface area contributed by atoms with E-state index in [1.165, 1.54) is 0 Å². The summed E-state index contributed by atoms with van der Waals surface area (Å²) in [5, 5.41) is 4.68. The van der Waals surface area contributed by atoms with Gasteiger partial charge >= 0.3 is 0 Å². The Kier molecular flexibility index (Phi) is 1.71. The van der Waals surface area contributed by atoms with Gasteiger partial charge in [-0.3, -0.25) is 0 Å². The van der Waals surface area contributed by atoms with E-state index in [4.69, 9.17) is 4.52 Å². The van der Waals surface area contributed by atoms with Gasteiger partial charge in [0.2, 0.25) is 0 Å². The van der Waals surface area contributed by atoms with Crippen molar-refractivity contribution in [1.29, 1.82) is 0 Å². The maximum atomic E-state index is 5.02. The summed E-state index contributed by atoms with van der Waals surface area (Å²) in [6.45, 7) is 0. The highest BCUT2D eigenvalue weighted by Crippen LogP contribution is 2.20. The van der Waals surface area contributed by atoms with Crippen LogP contribution < -0.4 is 0 Å². The van der Waals surface area contributed by atoms with Crippen LogP contribution in [-0.4, -0.2) is 15.1 Å². The number of rotatable bonds is 1. The Morgan fingerprint density at radius 2 is 1.93 bits per heavy atom. The highest BCUT2D eigenvalue weighted by molar-refractivity contribution is 5.81. The Labute approximate surface area is 85.6 Å². The first-order chi connectivity index (χ1) is 7.43. The summed E-state index contributed by atoms with van der Waals surface area (Å²) >= 11 is 0. The number of hydrogen-bond acceptors (Lipinski definition) is 4. The van der Waals surface area contributed by atoms with E-state index < -0.39 is 0 Å². The third-order valence-corrected chi connectivity index (χ3v) is 2.18. The predicted octanol–water partition coefficient (Wildman–Crippen LogP) is 2.28. The van der Waals surface area contributed by atoms with Gasteiger partial charge < -0.3 is 4.52 Å². The Balaban J connectivity index is 2.19. The van der Waals surface area contributed by atoms with Gasteiger partial charge in [0, 0.05) is 23.3 Å². The lowest BCUT2D eigenvalue weighted by Gasteiger charge is -1.97. The molecule has 3 aromatic rings. The SMILES string of the molecule is c1cnc(-c2ccc3oncc3c2)nc1. The first-order valence-electron chi connectivity index (χ1n) is 4.55. The van der Waals surface area contributed by atoms with Gasteiger partial charge in [-0.1, -0.05) is 5.16 Å². The van der Waals surface area contributed by atoms with Gasteiger partial charge in [0.15, 0.2) is 11.4 Å². The molecule has 0 N–H and O–H groups in total. The molecule has 0 radical (unpaired) electrons. The topological polar surface area (TPSA) is 51.8 Å². The fourth-order valence-corrected chi connectivity index (χ4v) is 1.46. The second-order valence-electron chi connectivity index (χ2n) is 3.15. The second kappa shape index (κ2) is 3.16. The lowest BCUT2D eigenvalue weighted by molar-refractivity contribution is 0.456. The van der Waals surface area contributed by atoms with Gasteiger partial charge in [-0.2, -0.15) is 0 Å². The molecule has 72 valence electrons. The van der Waals surface area contributed by atoms with E-state index in [1.54, 1.807) is 24.7 Å². The van der Waals surface area contributed by atoms with Crippen molar-refractivity contribution in [2.24, 2.45) is 0 Å². The predicted molar refractivity (Wildman–Crippen MR) is 55.0 cm³/mol. The molecular formula is C11H7N3O. The zero-order chi connectivity index (χ0) is 10.1. The summed E-state index contributed by atoms with van der Waals surface area (Å²) in [4.78, 5) is 8.36. The van der Waals surface area contributed by atoms with Crippen molar-refractivity contribution in [3.05, 3.63) is 42.9 Å². The Morgan fingerprint density at radius 3 is 2.80 bits per heavy atom. The third-order valence-electron chi connectivity index (χ3n) is 2.18. The van der Waals surface area contributed by atoms with Crippen molar-refractivity contribution in [1.82, 2.24) is 15.1 Å². The lowest BCUT2D eigenvalue weighted by atomic mass is 10.1. The van der Waals surface area contributed by atoms with E-state index in [0.717, 1.165) is 16.5 Å². The fraction of sp³-hybridized carbons (Fsp3) is 0. The van der Waals surface area contributed by atoms with Crippen LogP contribution in [0, 0.1) is 0 Å². The molecule has 15 heavy (non-hydrogen) atoms. The van der Waals surface area contributed by atoms with Gasteiger partial charge in [0.05, 0.1) is 6.20 Å². The van der Waals surface area contributed by atoms with Crippen LogP contribution in [0.1, 0.15) is 0 Å². The van der Waals surface area contributed by atoms with Crippen LogP contribution in [0.3, 0.4) is 0 Å². The Bertz CT molecular complexity index is 589. The van der Waals surface area contributed by atoms with Gasteiger partial charge in [-0.05, 0) is 24.3 Å². The first kappa shape index (κ1) is 8.11. The molecule has 2 heterocycles. The summed E-state index contributed by atoms with van der Waals surface area (Å²) in [6, 6.07) is 7.54. The molecule has 4 heteroatoms.